The summed E-state index contributed by atoms with van der Waals surface area (Å²) >= 11 is 6.26. The fraction of sp³-hybridized carbons (Fsp3) is 0.615. The van der Waals surface area contributed by atoms with E-state index in [9.17, 15) is 4.79 Å². The topological polar surface area (TPSA) is 29.5 Å². The van der Waals surface area contributed by atoms with Crippen LogP contribution < -0.4 is 0 Å². The van der Waals surface area contributed by atoms with Crippen LogP contribution in [0.15, 0.2) is 23.1 Å². The Morgan fingerprint density at radius 1 is 1.53 bits per heavy atom. The van der Waals surface area contributed by atoms with Gasteiger partial charge in [-0.25, -0.2) is 0 Å². The molecule has 0 aromatic carbocycles. The van der Waals surface area contributed by atoms with E-state index in [1.54, 1.807) is 7.11 Å². The van der Waals surface area contributed by atoms with Crippen molar-refractivity contribution in [3.05, 3.63) is 23.1 Å². The lowest BCUT2D eigenvalue weighted by atomic mass is 9.90. The van der Waals surface area contributed by atoms with Crippen molar-refractivity contribution in [2.24, 2.45) is 5.41 Å². The lowest BCUT2D eigenvalue weighted by molar-refractivity contribution is -0.127. The Hall–Kier alpha value is -0.960. The lowest BCUT2D eigenvalue weighted by Gasteiger charge is -2.32. The third-order valence-corrected chi connectivity index (χ3v) is 4.04. The molecule has 0 aromatic heterocycles. The Kier molecular flexibility index (Phi) is 3.21. The van der Waals surface area contributed by atoms with Crippen LogP contribution in [-0.4, -0.2) is 30.4 Å². The predicted octanol–water partition coefficient (Wildman–Crippen LogP) is 2.67. The summed E-state index contributed by atoms with van der Waals surface area (Å²) in [4.78, 5) is 14.2. The molecule has 1 saturated carbocycles. The highest BCUT2D eigenvalue weighted by Crippen LogP contribution is 2.38. The first-order chi connectivity index (χ1) is 7.97. The monoisotopic (exact) mass is 255 g/mol. The molecule has 94 valence electrons. The van der Waals surface area contributed by atoms with E-state index >= 15 is 0 Å². The molecule has 0 aromatic rings. The predicted molar refractivity (Wildman–Crippen MR) is 67.5 cm³/mol. The minimum atomic E-state index is -0.226. The molecule has 0 radical (unpaired) electrons. The normalized spacial score (nSPS) is 27.9. The van der Waals surface area contributed by atoms with Gasteiger partial charge in [0, 0.05) is 12.0 Å². The molecule has 4 heteroatoms. The molecule has 1 aliphatic carbocycles. The van der Waals surface area contributed by atoms with E-state index in [1.807, 2.05) is 30.9 Å². The summed E-state index contributed by atoms with van der Waals surface area (Å²) in [7, 11) is 1.59. The Morgan fingerprint density at radius 2 is 2.24 bits per heavy atom. The van der Waals surface area contributed by atoms with Gasteiger partial charge in [-0.1, -0.05) is 31.5 Å². The molecule has 1 atom stereocenters. The summed E-state index contributed by atoms with van der Waals surface area (Å²) < 4.78 is 5.19. The van der Waals surface area contributed by atoms with Gasteiger partial charge in [-0.2, -0.15) is 0 Å². The van der Waals surface area contributed by atoms with Gasteiger partial charge < -0.3 is 9.64 Å². The zero-order valence-electron chi connectivity index (χ0n) is 10.5. The maximum Gasteiger partial charge on any atom is 0.160 e. The van der Waals surface area contributed by atoms with Crippen LogP contribution >= 0.6 is 11.6 Å². The van der Waals surface area contributed by atoms with Gasteiger partial charge in [-0.15, -0.1) is 0 Å². The third kappa shape index (κ3) is 2.08. The van der Waals surface area contributed by atoms with Gasteiger partial charge >= 0.3 is 0 Å². The molecular formula is C13H18ClNO2. The first kappa shape index (κ1) is 12.5. The molecule has 2 aliphatic rings. The largest absolute Gasteiger partial charge is 0.494 e. The molecule has 17 heavy (non-hydrogen) atoms. The number of halogens is 1. The molecule has 0 amide bonds. The summed E-state index contributed by atoms with van der Waals surface area (Å²) in [6.07, 6.45) is 5.61. The van der Waals surface area contributed by atoms with Crippen molar-refractivity contribution in [3.63, 3.8) is 0 Å². The zero-order valence-corrected chi connectivity index (χ0v) is 11.3. The van der Waals surface area contributed by atoms with E-state index in [2.05, 4.69) is 0 Å². The van der Waals surface area contributed by atoms with Crippen LogP contribution in [0.1, 0.15) is 26.7 Å². The van der Waals surface area contributed by atoms with Crippen LogP contribution in [0.4, 0.5) is 0 Å². The fourth-order valence-corrected chi connectivity index (χ4v) is 2.81. The highest BCUT2D eigenvalue weighted by Gasteiger charge is 2.44. The lowest BCUT2D eigenvalue weighted by Crippen LogP contribution is -2.40. The second-order valence-corrected chi connectivity index (χ2v) is 5.57. The van der Waals surface area contributed by atoms with Crippen molar-refractivity contribution in [3.8, 4) is 0 Å². The number of ketones is 1. The van der Waals surface area contributed by atoms with Crippen LogP contribution in [0.5, 0.6) is 0 Å². The molecule has 0 N–H and O–H groups in total. The van der Waals surface area contributed by atoms with Crippen LogP contribution in [0.2, 0.25) is 0 Å². The maximum absolute atomic E-state index is 12.3. The van der Waals surface area contributed by atoms with Crippen molar-refractivity contribution in [1.29, 1.82) is 0 Å². The maximum atomic E-state index is 12.3. The summed E-state index contributed by atoms with van der Waals surface area (Å²) in [6, 6.07) is -0.104. The summed E-state index contributed by atoms with van der Waals surface area (Å²) in [6.45, 7) is 4.69. The van der Waals surface area contributed by atoms with Gasteiger partial charge in [0.25, 0.3) is 0 Å². The fourth-order valence-electron chi connectivity index (χ4n) is 2.48. The van der Waals surface area contributed by atoms with Crippen molar-refractivity contribution < 1.29 is 9.53 Å². The number of methoxy groups -OCH3 is 1. The van der Waals surface area contributed by atoms with E-state index in [0.717, 1.165) is 12.8 Å². The highest BCUT2D eigenvalue weighted by molar-refractivity contribution is 6.29. The molecule has 1 unspecified atom stereocenters. The number of ether oxygens (including phenoxy) is 1. The first-order valence-electron chi connectivity index (χ1n) is 5.88. The molecule has 3 nitrogen and oxygen atoms in total. The molecule has 0 spiro atoms. The van der Waals surface area contributed by atoms with Gasteiger partial charge in [-0.3, -0.25) is 4.79 Å². The molecule has 1 heterocycles. The third-order valence-electron chi connectivity index (χ3n) is 3.64. The molecule has 0 saturated heterocycles. The summed E-state index contributed by atoms with van der Waals surface area (Å²) in [5, 5.41) is 0.547. The second-order valence-electron chi connectivity index (χ2n) is 5.22. The average molecular weight is 256 g/mol. The zero-order chi connectivity index (χ0) is 12.6. The molecule has 1 fully saturated rings. The minimum Gasteiger partial charge on any atom is -0.494 e. The van der Waals surface area contributed by atoms with Crippen molar-refractivity contribution in [2.75, 3.05) is 13.7 Å². The molecular weight excluding hydrogens is 238 g/mol. The number of hydrogen-bond donors (Lipinski definition) is 0. The Balaban J connectivity index is 2.23. The van der Waals surface area contributed by atoms with Gasteiger partial charge in [0.2, 0.25) is 0 Å². The number of carbonyl (C=O) groups is 1. The SMILES string of the molecule is COC1=C(Cl)N(C2CCC(C)(C)C2=O)CC=C1. The number of allylic oxidation sites excluding steroid dienone is 1. The number of hydrogen-bond acceptors (Lipinski definition) is 3. The molecule has 0 bridgehead atoms. The van der Waals surface area contributed by atoms with Gasteiger partial charge in [0.15, 0.2) is 11.5 Å². The van der Waals surface area contributed by atoms with E-state index in [4.69, 9.17) is 16.3 Å². The van der Waals surface area contributed by atoms with Crippen molar-refractivity contribution >= 4 is 17.4 Å². The number of rotatable bonds is 2. The summed E-state index contributed by atoms with van der Waals surface area (Å²) in [5.74, 6) is 0.914. The van der Waals surface area contributed by atoms with Gasteiger partial charge in [0.1, 0.15) is 5.16 Å². The Morgan fingerprint density at radius 3 is 2.76 bits per heavy atom. The van der Waals surface area contributed by atoms with E-state index < -0.39 is 0 Å². The van der Waals surface area contributed by atoms with Gasteiger partial charge in [-0.05, 0) is 18.9 Å². The number of Topliss-reactive ketones (excluding diaryl/α,β-unsaturated/α-hetero) is 1. The van der Waals surface area contributed by atoms with E-state index in [-0.39, 0.29) is 17.2 Å². The van der Waals surface area contributed by atoms with Crippen molar-refractivity contribution in [2.45, 2.75) is 32.7 Å². The minimum absolute atomic E-state index is 0.104. The van der Waals surface area contributed by atoms with Gasteiger partial charge in [0.05, 0.1) is 13.2 Å². The number of nitrogens with zero attached hydrogens (tertiary/aromatic N) is 1. The van der Waals surface area contributed by atoms with Crippen LogP contribution in [0.25, 0.3) is 0 Å². The smallest absolute Gasteiger partial charge is 0.160 e. The average Bonchev–Trinajstić information content (AvgIpc) is 2.55. The van der Waals surface area contributed by atoms with Crippen LogP contribution in [0.3, 0.4) is 0 Å². The first-order valence-corrected chi connectivity index (χ1v) is 6.26. The standard InChI is InChI=1S/C13H18ClNO2/c1-13(2)7-6-9(11(13)16)15-8-4-5-10(17-3)12(15)14/h4-5,9H,6-8H2,1-3H3. The quantitative estimate of drug-likeness (QED) is 0.711. The van der Waals surface area contributed by atoms with Crippen molar-refractivity contribution in [1.82, 2.24) is 4.90 Å². The van der Waals surface area contributed by atoms with Crippen LogP contribution in [0, 0.1) is 5.41 Å². The van der Waals surface area contributed by atoms with Crippen LogP contribution in [-0.2, 0) is 9.53 Å². The Bertz CT molecular complexity index is 398. The second kappa shape index (κ2) is 4.37. The highest BCUT2D eigenvalue weighted by atomic mass is 35.5. The van der Waals surface area contributed by atoms with E-state index in [1.165, 1.54) is 0 Å². The molecule has 2 rings (SSSR count). The molecule has 1 aliphatic heterocycles. The van der Waals surface area contributed by atoms with E-state index in [0.29, 0.717) is 17.5 Å². The number of carbonyl (C=O) groups excluding carboxylic acids is 1. The Labute approximate surface area is 107 Å². The summed E-state index contributed by atoms with van der Waals surface area (Å²) in [5.41, 5.74) is -0.226.